The van der Waals surface area contributed by atoms with Crippen molar-refractivity contribution in [1.29, 1.82) is 0 Å². The van der Waals surface area contributed by atoms with Crippen LogP contribution in [0.25, 0.3) is 0 Å². The van der Waals surface area contributed by atoms with Crippen LogP contribution in [0.15, 0.2) is 0 Å². The van der Waals surface area contributed by atoms with Gasteiger partial charge < -0.3 is 5.73 Å². The Morgan fingerprint density at radius 2 is 2.14 bits per heavy atom. The van der Waals surface area contributed by atoms with Crippen LogP contribution in [0.2, 0.25) is 0 Å². The predicted octanol–water partition coefficient (Wildman–Crippen LogP) is -1.05. The summed E-state index contributed by atoms with van der Waals surface area (Å²) in [5.74, 6) is -0.354. The lowest BCUT2D eigenvalue weighted by atomic mass is 10.8. The second-order valence-electron chi connectivity index (χ2n) is 1.07. The summed E-state index contributed by atoms with van der Waals surface area (Å²) >= 11 is 0. The van der Waals surface area contributed by atoms with Crippen molar-refractivity contribution < 1.29 is 14.4 Å². The van der Waals surface area contributed by atoms with Gasteiger partial charge in [0.15, 0.2) is 0 Å². The Morgan fingerprint density at radius 1 is 1.71 bits per heavy atom. The van der Waals surface area contributed by atoms with Gasteiger partial charge in [-0.25, -0.2) is 0 Å². The summed E-state index contributed by atoms with van der Waals surface area (Å²) in [5, 5.41) is 0. The Balaban J connectivity index is 0. The zero-order chi connectivity index (χ0) is 5.91. The lowest BCUT2D eigenvalue weighted by Crippen LogP contribution is -2.13. The van der Waals surface area contributed by atoms with Crippen molar-refractivity contribution in [1.82, 2.24) is 0 Å². The van der Waals surface area contributed by atoms with Crippen LogP contribution in [-0.2, 0) is 10.1 Å². The summed E-state index contributed by atoms with van der Waals surface area (Å²) in [6.07, 6.45) is 0. The van der Waals surface area contributed by atoms with Gasteiger partial charge in [-0.05, 0) is 0 Å². The first-order valence-corrected chi connectivity index (χ1v) is 3.32. The molecule has 0 aliphatic carbocycles. The highest BCUT2D eigenvalue weighted by molar-refractivity contribution is 7.85. The third-order valence-corrected chi connectivity index (χ3v) is 1.13. The van der Waals surface area contributed by atoms with E-state index >= 15 is 0 Å². The highest BCUT2D eigenvalue weighted by Gasteiger charge is 1.98. The molecule has 0 aliphatic rings. The summed E-state index contributed by atoms with van der Waals surface area (Å²) in [6, 6.07) is 0. The molecule has 0 spiro atoms. The molecule has 0 heterocycles. The van der Waals surface area contributed by atoms with Crippen molar-refractivity contribution >= 4 is 10.1 Å². The van der Waals surface area contributed by atoms with Gasteiger partial charge in [0.25, 0.3) is 10.1 Å². The van der Waals surface area contributed by atoms with E-state index in [2.05, 4.69) is 0 Å². The molecule has 0 atom stereocenters. The largest absolute Gasteiger partial charge is 0.329 e. The van der Waals surface area contributed by atoms with Crippen LogP contribution in [0.5, 0.6) is 0 Å². The quantitative estimate of drug-likeness (QED) is 0.463. The van der Waals surface area contributed by atoms with E-state index in [-0.39, 0.29) is 13.7 Å². The van der Waals surface area contributed by atoms with Crippen LogP contribution in [0.4, 0.5) is 0 Å². The molecule has 5 heteroatoms. The Labute approximate surface area is 43.6 Å². The minimum Gasteiger partial charge on any atom is -0.329 e. The van der Waals surface area contributed by atoms with Crippen LogP contribution >= 0.6 is 0 Å². The van der Waals surface area contributed by atoms with Gasteiger partial charge in [0.05, 0.1) is 5.75 Å². The van der Waals surface area contributed by atoms with Crippen LogP contribution in [0.1, 0.15) is 1.43 Å². The predicted molar refractivity (Wildman–Crippen MR) is 26.6 cm³/mol. The molecule has 0 aromatic heterocycles. The average Bonchev–Trinajstić information content (AvgIpc) is 1.30. The fourth-order valence-electron chi connectivity index (χ4n) is 0.149. The molecule has 0 saturated carbocycles. The lowest BCUT2D eigenvalue weighted by molar-refractivity contribution is 0.483. The third-order valence-electron chi connectivity index (χ3n) is 0.376. The van der Waals surface area contributed by atoms with Gasteiger partial charge in [0.2, 0.25) is 0 Å². The molecular weight excluding hydrogens is 118 g/mol. The van der Waals surface area contributed by atoms with Crippen molar-refractivity contribution in [2.75, 3.05) is 12.3 Å². The lowest BCUT2D eigenvalue weighted by Gasteiger charge is -1.86. The van der Waals surface area contributed by atoms with Crippen molar-refractivity contribution in [3.63, 3.8) is 0 Å². The molecular formula is C2H8NO3S. The van der Waals surface area contributed by atoms with Gasteiger partial charge in [0, 0.05) is 7.97 Å². The molecule has 0 unspecified atom stereocenters. The molecule has 0 amide bonds. The summed E-state index contributed by atoms with van der Waals surface area (Å²) < 4.78 is 27.3. The third kappa shape index (κ3) is 5.87. The summed E-state index contributed by atoms with van der Waals surface area (Å²) in [5.41, 5.74) is 4.78. The number of hydrogen-bond donors (Lipinski definition) is 2. The Hall–Kier alpha value is -0.130. The molecule has 0 aromatic carbocycles. The summed E-state index contributed by atoms with van der Waals surface area (Å²) in [7, 11) is -3.80. The number of hydrogen-bond acceptors (Lipinski definition) is 3. The fourth-order valence-corrected chi connectivity index (χ4v) is 0.447. The molecule has 4 nitrogen and oxygen atoms in total. The van der Waals surface area contributed by atoms with Gasteiger partial charge in [0.1, 0.15) is 0 Å². The molecule has 0 rings (SSSR count). The maximum Gasteiger partial charge on any atom is 0.266 e. The molecule has 0 aliphatic heterocycles. The van der Waals surface area contributed by atoms with Gasteiger partial charge in [-0.3, -0.25) is 4.55 Å². The van der Waals surface area contributed by atoms with Crippen molar-refractivity contribution in [3.05, 3.63) is 0 Å². The van der Waals surface area contributed by atoms with Crippen LogP contribution < -0.4 is 5.73 Å². The first kappa shape index (κ1) is 6.87. The molecule has 0 aromatic rings. The SMILES string of the molecule is NCCS(=O)(=O)O.[2H]. The van der Waals surface area contributed by atoms with E-state index < -0.39 is 10.1 Å². The smallest absolute Gasteiger partial charge is 0.266 e. The van der Waals surface area contributed by atoms with Crippen molar-refractivity contribution in [3.8, 4) is 0 Å². The van der Waals surface area contributed by atoms with E-state index in [9.17, 15) is 8.42 Å². The number of rotatable bonds is 2. The monoisotopic (exact) mass is 127 g/mol. The van der Waals surface area contributed by atoms with Gasteiger partial charge in [-0.2, -0.15) is 8.42 Å². The molecule has 7 heavy (non-hydrogen) atoms. The van der Waals surface area contributed by atoms with Crippen molar-refractivity contribution in [2.24, 2.45) is 5.73 Å². The van der Waals surface area contributed by atoms with E-state index in [4.69, 9.17) is 10.3 Å². The van der Waals surface area contributed by atoms with Crippen LogP contribution in [0, 0.1) is 0 Å². The van der Waals surface area contributed by atoms with Gasteiger partial charge >= 0.3 is 0 Å². The molecule has 0 bridgehead atoms. The Morgan fingerprint density at radius 3 is 2.14 bits per heavy atom. The Bertz CT molecular complexity index is 130. The second kappa shape index (κ2) is 2.25. The van der Waals surface area contributed by atoms with E-state index in [0.717, 1.165) is 0 Å². The number of nitrogens with two attached hydrogens (primary N) is 1. The van der Waals surface area contributed by atoms with Gasteiger partial charge in [-0.15, -0.1) is 0 Å². The fraction of sp³-hybridized carbons (Fsp3) is 1.00. The molecule has 45 valence electrons. The molecule has 0 fully saturated rings. The minimum absolute atomic E-state index is 0. The molecule has 0 saturated heterocycles. The first-order valence-electron chi connectivity index (χ1n) is 1.71. The second-order valence-corrected chi connectivity index (χ2v) is 2.65. The molecule has 1 radical (unpaired) electrons. The maximum absolute atomic E-state index is 9.71. The van der Waals surface area contributed by atoms with E-state index in [1.54, 1.807) is 0 Å². The Kier molecular flexibility index (Phi) is 2.21. The van der Waals surface area contributed by atoms with Crippen LogP contribution in [0.3, 0.4) is 0 Å². The van der Waals surface area contributed by atoms with E-state index in [0.29, 0.717) is 0 Å². The van der Waals surface area contributed by atoms with Crippen LogP contribution in [-0.4, -0.2) is 25.3 Å². The molecule has 3 N–H and O–H groups in total. The zero-order valence-electron chi connectivity index (χ0n) is 4.66. The summed E-state index contributed by atoms with van der Waals surface area (Å²) in [4.78, 5) is 0. The maximum atomic E-state index is 9.71. The zero-order valence-corrected chi connectivity index (χ0v) is 4.48. The highest BCUT2D eigenvalue weighted by Crippen LogP contribution is 1.74. The summed E-state index contributed by atoms with van der Waals surface area (Å²) in [6.45, 7) is -0.0289. The normalized spacial score (nSPS) is 11.7. The van der Waals surface area contributed by atoms with Crippen molar-refractivity contribution in [2.45, 2.75) is 0 Å². The minimum atomic E-state index is -3.80. The van der Waals surface area contributed by atoms with E-state index in [1.165, 1.54) is 0 Å². The standard InChI is InChI=1S/C2H7NO3S.H/c3-1-2-7(4,5)6;/h1-3H2,(H,4,5,6);/i;1+1. The van der Waals surface area contributed by atoms with Gasteiger partial charge in [-0.1, -0.05) is 0 Å². The topological polar surface area (TPSA) is 80.4 Å². The highest BCUT2D eigenvalue weighted by atomic mass is 32.2. The average molecular weight is 127 g/mol. The van der Waals surface area contributed by atoms with E-state index in [1.807, 2.05) is 0 Å². The first-order chi connectivity index (χ1) is 3.06.